The van der Waals surface area contributed by atoms with E-state index in [4.69, 9.17) is 5.11 Å². The van der Waals surface area contributed by atoms with Crippen molar-refractivity contribution in [2.75, 3.05) is 6.54 Å². The van der Waals surface area contributed by atoms with Gasteiger partial charge in [-0.25, -0.2) is 4.79 Å². The molecule has 2 fully saturated rings. The number of nitrogens with one attached hydrogen (secondary N) is 1. The van der Waals surface area contributed by atoms with Crippen molar-refractivity contribution >= 4 is 12.0 Å². The van der Waals surface area contributed by atoms with Crippen LogP contribution in [0.4, 0.5) is 4.79 Å². The molecular weight excluding hydrogens is 232 g/mol. The van der Waals surface area contributed by atoms with Crippen LogP contribution < -0.4 is 5.32 Å². The SMILES string of the molecule is CC1(NC(=O)N(CC(=O)O)C2CCCC2)CCC1. The Bertz CT molecular complexity index is 333. The van der Waals surface area contributed by atoms with Gasteiger partial charge in [-0.05, 0) is 39.0 Å². The van der Waals surface area contributed by atoms with Crippen LogP contribution in [0.3, 0.4) is 0 Å². The molecular formula is C13H22N2O3. The molecule has 2 aliphatic rings. The quantitative estimate of drug-likeness (QED) is 0.805. The van der Waals surface area contributed by atoms with Gasteiger partial charge in [-0.15, -0.1) is 0 Å². The predicted molar refractivity (Wildman–Crippen MR) is 67.4 cm³/mol. The lowest BCUT2D eigenvalue weighted by Crippen LogP contribution is -2.57. The van der Waals surface area contributed by atoms with E-state index < -0.39 is 5.97 Å². The summed E-state index contributed by atoms with van der Waals surface area (Å²) in [5.41, 5.74) is -0.119. The number of carboxylic acid groups (broad SMARTS) is 1. The molecule has 5 heteroatoms. The Morgan fingerprint density at radius 3 is 2.33 bits per heavy atom. The van der Waals surface area contributed by atoms with Gasteiger partial charge in [0.25, 0.3) is 0 Å². The van der Waals surface area contributed by atoms with Gasteiger partial charge < -0.3 is 15.3 Å². The van der Waals surface area contributed by atoms with Gasteiger partial charge in [0.05, 0.1) is 0 Å². The molecule has 2 rings (SSSR count). The van der Waals surface area contributed by atoms with Crippen molar-refractivity contribution in [2.45, 2.75) is 63.5 Å². The summed E-state index contributed by atoms with van der Waals surface area (Å²) in [5, 5.41) is 11.9. The van der Waals surface area contributed by atoms with E-state index in [2.05, 4.69) is 5.32 Å². The number of carbonyl (C=O) groups excluding carboxylic acids is 1. The van der Waals surface area contributed by atoms with E-state index >= 15 is 0 Å². The summed E-state index contributed by atoms with van der Waals surface area (Å²) in [4.78, 5) is 24.6. The Morgan fingerprint density at radius 2 is 1.89 bits per heavy atom. The number of nitrogens with zero attached hydrogens (tertiary/aromatic N) is 1. The zero-order valence-corrected chi connectivity index (χ0v) is 10.9. The molecule has 18 heavy (non-hydrogen) atoms. The molecule has 0 spiro atoms. The first-order valence-electron chi connectivity index (χ1n) is 6.81. The van der Waals surface area contributed by atoms with Crippen LogP contribution >= 0.6 is 0 Å². The first-order valence-corrected chi connectivity index (χ1v) is 6.81. The third-order valence-electron chi connectivity index (χ3n) is 4.20. The number of carboxylic acids is 1. The molecule has 2 amide bonds. The second-order valence-electron chi connectivity index (χ2n) is 5.80. The monoisotopic (exact) mass is 254 g/mol. The molecule has 0 aliphatic heterocycles. The highest BCUT2D eigenvalue weighted by Gasteiger charge is 2.36. The summed E-state index contributed by atoms with van der Waals surface area (Å²) in [5.74, 6) is -0.934. The third kappa shape index (κ3) is 2.94. The van der Waals surface area contributed by atoms with Crippen molar-refractivity contribution in [1.82, 2.24) is 10.2 Å². The number of carbonyl (C=O) groups is 2. The molecule has 2 aliphatic carbocycles. The number of rotatable bonds is 4. The fourth-order valence-electron chi connectivity index (χ4n) is 2.89. The Hall–Kier alpha value is -1.26. The Balaban J connectivity index is 1.97. The fourth-order valence-corrected chi connectivity index (χ4v) is 2.89. The second-order valence-corrected chi connectivity index (χ2v) is 5.80. The topological polar surface area (TPSA) is 69.6 Å². The summed E-state index contributed by atoms with van der Waals surface area (Å²) in [7, 11) is 0. The van der Waals surface area contributed by atoms with E-state index in [1.807, 2.05) is 6.92 Å². The molecule has 0 aromatic heterocycles. The highest BCUT2D eigenvalue weighted by Crippen LogP contribution is 2.31. The van der Waals surface area contributed by atoms with E-state index in [1.165, 1.54) is 4.90 Å². The van der Waals surface area contributed by atoms with Crippen LogP contribution in [0.15, 0.2) is 0 Å². The van der Waals surface area contributed by atoms with Crippen LogP contribution in [-0.4, -0.2) is 40.1 Å². The van der Waals surface area contributed by atoms with Crippen LogP contribution in [0.25, 0.3) is 0 Å². The first kappa shape index (κ1) is 13.2. The zero-order valence-electron chi connectivity index (χ0n) is 10.9. The number of hydrogen-bond donors (Lipinski definition) is 2. The maximum absolute atomic E-state index is 12.2. The summed E-state index contributed by atoms with van der Waals surface area (Å²) in [6, 6.07) is -0.101. The molecule has 0 radical (unpaired) electrons. The fraction of sp³-hybridized carbons (Fsp3) is 0.846. The molecule has 0 aromatic carbocycles. The lowest BCUT2D eigenvalue weighted by molar-refractivity contribution is -0.138. The van der Waals surface area contributed by atoms with Crippen LogP contribution in [0.5, 0.6) is 0 Å². The normalized spacial score (nSPS) is 22.3. The van der Waals surface area contributed by atoms with Gasteiger partial charge in [-0.2, -0.15) is 0 Å². The van der Waals surface area contributed by atoms with Crippen LogP contribution in [0.1, 0.15) is 51.9 Å². The Labute approximate surface area is 108 Å². The summed E-state index contributed by atoms with van der Waals surface area (Å²) < 4.78 is 0. The van der Waals surface area contributed by atoms with E-state index in [1.54, 1.807) is 0 Å². The molecule has 5 nitrogen and oxygen atoms in total. The van der Waals surface area contributed by atoms with Crippen molar-refractivity contribution in [3.8, 4) is 0 Å². The molecule has 0 saturated heterocycles. The van der Waals surface area contributed by atoms with Gasteiger partial charge in [0.2, 0.25) is 0 Å². The highest BCUT2D eigenvalue weighted by atomic mass is 16.4. The molecule has 0 heterocycles. The lowest BCUT2D eigenvalue weighted by Gasteiger charge is -2.41. The van der Waals surface area contributed by atoms with Crippen molar-refractivity contribution in [2.24, 2.45) is 0 Å². The van der Waals surface area contributed by atoms with Crippen LogP contribution in [0.2, 0.25) is 0 Å². The van der Waals surface area contributed by atoms with Crippen molar-refractivity contribution in [3.63, 3.8) is 0 Å². The standard InChI is InChI=1S/C13H22N2O3/c1-13(7-4-8-13)14-12(18)15(9-11(16)17)10-5-2-3-6-10/h10H,2-9H2,1H3,(H,14,18)(H,16,17). The molecule has 0 unspecified atom stereocenters. The largest absolute Gasteiger partial charge is 0.480 e. The van der Waals surface area contributed by atoms with E-state index in [9.17, 15) is 9.59 Å². The minimum absolute atomic E-state index is 0.102. The Kier molecular flexibility index (Phi) is 3.78. The maximum Gasteiger partial charge on any atom is 0.323 e. The Morgan fingerprint density at radius 1 is 1.28 bits per heavy atom. The van der Waals surface area contributed by atoms with Gasteiger partial charge >= 0.3 is 12.0 Å². The molecule has 0 atom stereocenters. The van der Waals surface area contributed by atoms with Gasteiger partial charge in [0.15, 0.2) is 0 Å². The molecule has 2 saturated carbocycles. The van der Waals surface area contributed by atoms with Gasteiger partial charge in [0.1, 0.15) is 6.54 Å². The van der Waals surface area contributed by atoms with E-state index in [-0.39, 0.29) is 24.2 Å². The minimum atomic E-state index is -0.934. The van der Waals surface area contributed by atoms with Crippen molar-refractivity contribution < 1.29 is 14.7 Å². The first-order chi connectivity index (χ1) is 8.50. The van der Waals surface area contributed by atoms with Gasteiger partial charge in [0, 0.05) is 11.6 Å². The number of urea groups is 1. The average molecular weight is 254 g/mol. The second kappa shape index (κ2) is 5.16. The van der Waals surface area contributed by atoms with Crippen molar-refractivity contribution in [1.29, 1.82) is 0 Å². The van der Waals surface area contributed by atoms with Gasteiger partial charge in [-0.3, -0.25) is 4.79 Å². The zero-order chi connectivity index (χ0) is 13.2. The summed E-state index contributed by atoms with van der Waals surface area (Å²) in [6.45, 7) is 1.84. The van der Waals surface area contributed by atoms with E-state index in [0.717, 1.165) is 44.9 Å². The number of amides is 2. The smallest absolute Gasteiger partial charge is 0.323 e. The number of aliphatic carboxylic acids is 1. The number of hydrogen-bond acceptors (Lipinski definition) is 2. The van der Waals surface area contributed by atoms with Crippen LogP contribution in [-0.2, 0) is 4.79 Å². The molecule has 0 aromatic rings. The summed E-state index contributed by atoms with van der Waals surface area (Å²) in [6.07, 6.45) is 7.15. The molecule has 0 bridgehead atoms. The lowest BCUT2D eigenvalue weighted by atomic mass is 9.79. The molecule has 102 valence electrons. The average Bonchev–Trinajstić information content (AvgIpc) is 2.76. The minimum Gasteiger partial charge on any atom is -0.480 e. The maximum atomic E-state index is 12.2. The predicted octanol–water partition coefficient (Wildman–Crippen LogP) is 1.97. The third-order valence-corrected chi connectivity index (χ3v) is 4.20. The van der Waals surface area contributed by atoms with Crippen molar-refractivity contribution in [3.05, 3.63) is 0 Å². The molecule has 2 N–H and O–H groups in total. The summed E-state index contributed by atoms with van der Waals surface area (Å²) >= 11 is 0. The van der Waals surface area contributed by atoms with E-state index in [0.29, 0.717) is 0 Å². The highest BCUT2D eigenvalue weighted by molar-refractivity contribution is 5.81. The van der Waals surface area contributed by atoms with Crippen LogP contribution in [0, 0.1) is 0 Å². The van der Waals surface area contributed by atoms with Gasteiger partial charge in [-0.1, -0.05) is 12.8 Å².